The van der Waals surface area contributed by atoms with Gasteiger partial charge in [0, 0.05) is 5.56 Å². The minimum absolute atomic E-state index is 0.308. The van der Waals surface area contributed by atoms with Crippen molar-refractivity contribution in [1.29, 1.82) is 0 Å². The van der Waals surface area contributed by atoms with Gasteiger partial charge in [-0.3, -0.25) is 5.10 Å². The van der Waals surface area contributed by atoms with E-state index in [1.54, 1.807) is 0 Å². The predicted molar refractivity (Wildman–Crippen MR) is 80.8 cm³/mol. The summed E-state index contributed by atoms with van der Waals surface area (Å²) in [5, 5.41) is 15.3. The van der Waals surface area contributed by atoms with E-state index in [9.17, 15) is 0 Å². The van der Waals surface area contributed by atoms with Crippen LogP contribution in [0.3, 0.4) is 0 Å². The number of nitrogens with zero attached hydrogens (tertiary/aromatic N) is 3. The molecule has 2 aromatic heterocycles. The summed E-state index contributed by atoms with van der Waals surface area (Å²) in [5.41, 5.74) is 8.74. The molecule has 0 saturated carbocycles. The second kappa shape index (κ2) is 5.24. The van der Waals surface area contributed by atoms with Crippen LogP contribution in [0.5, 0.6) is 0 Å². The zero-order valence-electron chi connectivity index (χ0n) is 11.8. The van der Waals surface area contributed by atoms with Crippen LogP contribution in [-0.4, -0.2) is 10.2 Å². The number of nitrogens with two attached hydrogens (primary N) is 1. The molecular weight excluding hydrogens is 266 g/mol. The van der Waals surface area contributed by atoms with Crippen molar-refractivity contribution < 1.29 is 4.42 Å². The molecule has 0 atom stereocenters. The minimum atomic E-state index is 0.308. The lowest BCUT2D eigenvalue weighted by molar-refractivity contribution is 0.505. The Morgan fingerprint density at radius 3 is 2.57 bits per heavy atom. The van der Waals surface area contributed by atoms with Crippen LogP contribution in [0.15, 0.2) is 51.0 Å². The quantitative estimate of drug-likeness (QED) is 0.701. The Morgan fingerprint density at radius 1 is 1.14 bits per heavy atom. The van der Waals surface area contributed by atoms with Gasteiger partial charge in [0.1, 0.15) is 11.5 Å². The Bertz CT molecular complexity index is 786. The number of hydrogen-bond acceptors (Lipinski definition) is 5. The maximum absolute atomic E-state index is 5.87. The third kappa shape index (κ3) is 2.55. The average Bonchev–Trinajstić information content (AvgIpc) is 3.00. The second-order valence-electron chi connectivity index (χ2n) is 4.69. The van der Waals surface area contributed by atoms with Crippen molar-refractivity contribution in [2.24, 2.45) is 10.2 Å². The summed E-state index contributed by atoms with van der Waals surface area (Å²) in [6, 6.07) is 11.4. The zero-order valence-corrected chi connectivity index (χ0v) is 11.8. The molecule has 2 heterocycles. The molecule has 3 rings (SSSR count). The Balaban J connectivity index is 2.02. The number of benzene rings is 1. The van der Waals surface area contributed by atoms with Crippen molar-refractivity contribution in [2.75, 3.05) is 5.73 Å². The first-order valence-electron chi connectivity index (χ1n) is 6.53. The van der Waals surface area contributed by atoms with Gasteiger partial charge in [-0.05, 0) is 32.0 Å². The summed E-state index contributed by atoms with van der Waals surface area (Å²) >= 11 is 0. The number of rotatable bonds is 3. The summed E-state index contributed by atoms with van der Waals surface area (Å²) < 4.78 is 5.54. The van der Waals surface area contributed by atoms with E-state index in [0.29, 0.717) is 17.2 Å². The van der Waals surface area contributed by atoms with Crippen LogP contribution in [0.4, 0.5) is 17.2 Å². The smallest absolute Gasteiger partial charge is 0.173 e. The van der Waals surface area contributed by atoms with Crippen LogP contribution in [0.25, 0.3) is 11.3 Å². The molecule has 6 nitrogen and oxygen atoms in total. The van der Waals surface area contributed by atoms with Gasteiger partial charge in [0.25, 0.3) is 0 Å². The number of azo groups is 1. The third-order valence-corrected chi connectivity index (χ3v) is 3.10. The second-order valence-corrected chi connectivity index (χ2v) is 4.69. The molecule has 0 aliphatic heterocycles. The van der Waals surface area contributed by atoms with Crippen LogP contribution in [-0.2, 0) is 0 Å². The molecule has 106 valence electrons. The van der Waals surface area contributed by atoms with E-state index in [1.165, 1.54) is 0 Å². The fourth-order valence-electron chi connectivity index (χ4n) is 2.12. The van der Waals surface area contributed by atoms with Gasteiger partial charge in [0.15, 0.2) is 11.5 Å². The van der Waals surface area contributed by atoms with Crippen molar-refractivity contribution in [2.45, 2.75) is 13.8 Å². The Labute approximate surface area is 121 Å². The van der Waals surface area contributed by atoms with Gasteiger partial charge >= 0.3 is 0 Å². The lowest BCUT2D eigenvalue weighted by Crippen LogP contribution is -1.83. The van der Waals surface area contributed by atoms with Crippen molar-refractivity contribution >= 4 is 17.2 Å². The van der Waals surface area contributed by atoms with E-state index in [2.05, 4.69) is 20.4 Å². The Morgan fingerprint density at radius 2 is 1.90 bits per heavy atom. The molecule has 3 aromatic rings. The highest BCUT2D eigenvalue weighted by Gasteiger charge is 2.17. The van der Waals surface area contributed by atoms with Crippen LogP contribution < -0.4 is 5.73 Å². The molecule has 0 amide bonds. The number of furan rings is 1. The molecule has 1 aromatic carbocycles. The van der Waals surface area contributed by atoms with Crippen LogP contribution in [0, 0.1) is 13.8 Å². The van der Waals surface area contributed by atoms with Gasteiger partial charge in [0.2, 0.25) is 0 Å². The van der Waals surface area contributed by atoms with E-state index >= 15 is 0 Å². The van der Waals surface area contributed by atoms with Gasteiger partial charge in [-0.2, -0.15) is 10.2 Å². The molecule has 6 heteroatoms. The van der Waals surface area contributed by atoms with Gasteiger partial charge in [-0.1, -0.05) is 18.2 Å². The maximum Gasteiger partial charge on any atom is 0.173 e. The maximum atomic E-state index is 5.87. The largest absolute Gasteiger partial charge is 0.466 e. The number of hydrogen-bond donors (Lipinski definition) is 2. The standard InChI is InChI=1S/C15H15N5O/c1-9-8-12(10(2)21-9)13-14(15(16)20-18-13)19-17-11-6-4-3-5-7-11/h3-8H,1-2H3,(H3,16,18,20). The topological polar surface area (TPSA) is 92.6 Å². The fourth-order valence-corrected chi connectivity index (χ4v) is 2.12. The van der Waals surface area contributed by atoms with Crippen molar-refractivity contribution in [3.05, 3.63) is 47.9 Å². The molecule has 0 saturated heterocycles. The predicted octanol–water partition coefficient (Wildman–Crippen LogP) is 4.28. The molecule has 0 aliphatic carbocycles. The van der Waals surface area contributed by atoms with E-state index in [0.717, 1.165) is 22.8 Å². The van der Waals surface area contributed by atoms with Crippen LogP contribution in [0.1, 0.15) is 11.5 Å². The third-order valence-electron chi connectivity index (χ3n) is 3.10. The number of aromatic nitrogens is 2. The van der Waals surface area contributed by atoms with E-state index in [1.807, 2.05) is 50.2 Å². The summed E-state index contributed by atoms with van der Waals surface area (Å²) in [6.07, 6.45) is 0. The van der Waals surface area contributed by atoms with Crippen LogP contribution >= 0.6 is 0 Å². The highest BCUT2D eigenvalue weighted by Crippen LogP contribution is 2.36. The summed E-state index contributed by atoms with van der Waals surface area (Å²) in [4.78, 5) is 0. The summed E-state index contributed by atoms with van der Waals surface area (Å²) in [5.74, 6) is 1.91. The Hall–Kier alpha value is -2.89. The van der Waals surface area contributed by atoms with Gasteiger partial charge in [-0.15, -0.1) is 5.11 Å². The van der Waals surface area contributed by atoms with Crippen molar-refractivity contribution in [3.63, 3.8) is 0 Å². The first-order valence-corrected chi connectivity index (χ1v) is 6.53. The van der Waals surface area contributed by atoms with Crippen molar-refractivity contribution in [3.8, 4) is 11.3 Å². The molecule has 0 radical (unpaired) electrons. The highest BCUT2D eigenvalue weighted by molar-refractivity contribution is 5.80. The normalized spacial score (nSPS) is 11.3. The van der Waals surface area contributed by atoms with Gasteiger partial charge in [-0.25, -0.2) is 0 Å². The lowest BCUT2D eigenvalue weighted by atomic mass is 10.1. The average molecular weight is 281 g/mol. The number of H-pyrrole nitrogens is 1. The summed E-state index contributed by atoms with van der Waals surface area (Å²) in [6.45, 7) is 3.78. The first-order chi connectivity index (χ1) is 10.1. The molecule has 0 fully saturated rings. The number of aryl methyl sites for hydroxylation is 2. The monoisotopic (exact) mass is 281 g/mol. The highest BCUT2D eigenvalue weighted by atomic mass is 16.3. The molecule has 21 heavy (non-hydrogen) atoms. The first kappa shape index (κ1) is 13.1. The SMILES string of the molecule is Cc1cc(-c2[nH]nc(N)c2N=Nc2ccccc2)c(C)o1. The van der Waals surface area contributed by atoms with E-state index < -0.39 is 0 Å². The number of aromatic amines is 1. The number of nitrogens with one attached hydrogen (secondary N) is 1. The van der Waals surface area contributed by atoms with Crippen molar-refractivity contribution in [1.82, 2.24) is 10.2 Å². The molecule has 0 aliphatic rings. The van der Waals surface area contributed by atoms with Crippen LogP contribution in [0.2, 0.25) is 0 Å². The molecule has 3 N–H and O–H groups in total. The van der Waals surface area contributed by atoms with Gasteiger partial charge < -0.3 is 10.2 Å². The molecular formula is C15H15N5O. The van der Waals surface area contributed by atoms with E-state index in [-0.39, 0.29) is 0 Å². The zero-order chi connectivity index (χ0) is 14.8. The minimum Gasteiger partial charge on any atom is -0.466 e. The van der Waals surface area contributed by atoms with E-state index in [4.69, 9.17) is 10.2 Å². The van der Waals surface area contributed by atoms with Gasteiger partial charge in [0.05, 0.1) is 11.4 Å². The molecule has 0 bridgehead atoms. The molecule has 0 spiro atoms. The molecule has 0 unspecified atom stereocenters. The summed E-state index contributed by atoms with van der Waals surface area (Å²) in [7, 11) is 0. The number of nitrogen functional groups attached to an aromatic ring is 1. The number of anilines is 1. The lowest BCUT2D eigenvalue weighted by Gasteiger charge is -1.97. The fraction of sp³-hybridized carbons (Fsp3) is 0.133. The Kier molecular flexibility index (Phi) is 3.27.